The van der Waals surface area contributed by atoms with Gasteiger partial charge in [0.15, 0.2) is 12.4 Å². The fourth-order valence-electron chi connectivity index (χ4n) is 3.41. The van der Waals surface area contributed by atoms with Crippen molar-refractivity contribution in [2.45, 2.75) is 26.7 Å². The third kappa shape index (κ3) is 4.92. The summed E-state index contributed by atoms with van der Waals surface area (Å²) in [6, 6.07) is 14.0. The third-order valence-corrected chi connectivity index (χ3v) is 5.04. The van der Waals surface area contributed by atoms with Crippen LogP contribution in [0.2, 0.25) is 0 Å². The molecule has 7 heteroatoms. The first-order chi connectivity index (χ1) is 14.4. The Hall–Kier alpha value is -3.48. The van der Waals surface area contributed by atoms with E-state index in [1.165, 1.54) is 6.92 Å². The van der Waals surface area contributed by atoms with Gasteiger partial charge < -0.3 is 15.0 Å². The summed E-state index contributed by atoms with van der Waals surface area (Å²) < 4.78 is 5.13. The van der Waals surface area contributed by atoms with Gasteiger partial charge in [-0.05, 0) is 49.2 Å². The van der Waals surface area contributed by atoms with Crippen LogP contribution in [0.4, 0.5) is 11.4 Å². The largest absolute Gasteiger partial charge is 0.455 e. The van der Waals surface area contributed by atoms with Gasteiger partial charge in [-0.2, -0.15) is 0 Å². The minimum atomic E-state index is -0.606. The molecule has 0 aliphatic carbocycles. The van der Waals surface area contributed by atoms with E-state index in [1.807, 2.05) is 31.2 Å². The van der Waals surface area contributed by atoms with Crippen molar-refractivity contribution in [1.29, 1.82) is 0 Å². The molecule has 156 valence electrons. The zero-order valence-electron chi connectivity index (χ0n) is 17.0. The van der Waals surface area contributed by atoms with Crippen LogP contribution in [-0.2, 0) is 25.5 Å². The number of nitrogens with one attached hydrogen (secondary N) is 1. The van der Waals surface area contributed by atoms with Crippen LogP contribution in [0, 0.1) is 5.92 Å². The quantitative estimate of drug-likeness (QED) is 0.562. The summed E-state index contributed by atoms with van der Waals surface area (Å²) in [5.41, 5.74) is 2.89. The van der Waals surface area contributed by atoms with Gasteiger partial charge in [0.25, 0.3) is 5.91 Å². The molecule has 0 bridgehead atoms. The molecule has 0 aromatic heterocycles. The first-order valence-electron chi connectivity index (χ1n) is 9.84. The van der Waals surface area contributed by atoms with Gasteiger partial charge in [-0.15, -0.1) is 0 Å². The Kier molecular flexibility index (Phi) is 6.61. The number of Topliss-reactive ketones (excluding diaryl/α,β-unsaturated/α-hetero) is 1. The topological polar surface area (TPSA) is 92.8 Å². The highest BCUT2D eigenvalue weighted by molar-refractivity contribution is 6.00. The van der Waals surface area contributed by atoms with E-state index in [0.717, 1.165) is 17.7 Å². The fourth-order valence-corrected chi connectivity index (χ4v) is 3.41. The summed E-state index contributed by atoms with van der Waals surface area (Å²) in [6.45, 7) is 3.27. The molecule has 0 spiro atoms. The first kappa shape index (κ1) is 21.2. The smallest absolute Gasteiger partial charge is 0.311 e. The van der Waals surface area contributed by atoms with Gasteiger partial charge in [0, 0.05) is 29.9 Å². The van der Waals surface area contributed by atoms with Gasteiger partial charge in [0.2, 0.25) is 5.91 Å². The van der Waals surface area contributed by atoms with Gasteiger partial charge in [0.1, 0.15) is 0 Å². The molecule has 1 saturated heterocycles. The summed E-state index contributed by atoms with van der Waals surface area (Å²) in [5.74, 6) is -1.86. The highest BCUT2D eigenvalue weighted by Crippen LogP contribution is 2.29. The number of carbonyl (C=O) groups excluding carboxylic acids is 4. The number of esters is 1. The van der Waals surface area contributed by atoms with Gasteiger partial charge in [0.05, 0.1) is 5.92 Å². The van der Waals surface area contributed by atoms with Gasteiger partial charge >= 0.3 is 5.97 Å². The summed E-state index contributed by atoms with van der Waals surface area (Å²) >= 11 is 0. The van der Waals surface area contributed by atoms with Crippen LogP contribution in [0.25, 0.3) is 0 Å². The highest BCUT2D eigenvalue weighted by Gasteiger charge is 2.37. The predicted octanol–water partition coefficient (Wildman–Crippen LogP) is 2.99. The second kappa shape index (κ2) is 9.35. The number of rotatable bonds is 7. The molecule has 1 atom stereocenters. The molecule has 1 fully saturated rings. The number of hydrogen-bond acceptors (Lipinski definition) is 5. The molecule has 7 nitrogen and oxygen atoms in total. The van der Waals surface area contributed by atoms with Gasteiger partial charge in [-0.3, -0.25) is 19.2 Å². The molecule has 2 amide bonds. The van der Waals surface area contributed by atoms with E-state index in [0.29, 0.717) is 11.3 Å². The number of benzene rings is 2. The van der Waals surface area contributed by atoms with Crippen LogP contribution >= 0.6 is 0 Å². The maximum atomic E-state index is 12.4. The molecule has 0 unspecified atom stereocenters. The molecule has 3 rings (SSSR count). The van der Waals surface area contributed by atoms with Crippen molar-refractivity contribution in [2.75, 3.05) is 23.4 Å². The maximum absolute atomic E-state index is 12.4. The van der Waals surface area contributed by atoms with Gasteiger partial charge in [-0.1, -0.05) is 25.1 Å². The number of para-hydroxylation sites is 1. The van der Waals surface area contributed by atoms with Crippen molar-refractivity contribution < 1.29 is 23.9 Å². The monoisotopic (exact) mass is 408 g/mol. The Morgan fingerprint density at radius 3 is 2.47 bits per heavy atom. The Morgan fingerprint density at radius 2 is 1.80 bits per heavy atom. The van der Waals surface area contributed by atoms with E-state index in [-0.39, 0.29) is 24.7 Å². The van der Waals surface area contributed by atoms with Crippen molar-refractivity contribution in [1.82, 2.24) is 0 Å². The molecule has 0 radical (unpaired) electrons. The lowest BCUT2D eigenvalue weighted by molar-refractivity contribution is -0.151. The van der Waals surface area contributed by atoms with Crippen molar-refractivity contribution >= 4 is 34.9 Å². The first-order valence-corrected chi connectivity index (χ1v) is 9.84. The zero-order chi connectivity index (χ0) is 21.7. The van der Waals surface area contributed by atoms with E-state index in [2.05, 4.69) is 5.32 Å². The van der Waals surface area contributed by atoms with E-state index in [1.54, 1.807) is 29.2 Å². The minimum Gasteiger partial charge on any atom is -0.455 e. The van der Waals surface area contributed by atoms with E-state index in [4.69, 9.17) is 4.74 Å². The molecule has 2 aromatic rings. The van der Waals surface area contributed by atoms with Gasteiger partial charge in [-0.25, -0.2) is 0 Å². The lowest BCUT2D eigenvalue weighted by Crippen LogP contribution is -2.28. The third-order valence-electron chi connectivity index (χ3n) is 5.04. The standard InChI is InChI=1S/C23H24N2O5/c1-3-16-6-4-5-7-20(16)25-13-18(12-22(25)28)23(29)30-14-21(27)24-19-10-8-17(9-11-19)15(2)26/h4-11,18H,3,12-14H2,1-2H3,(H,24,27)/t18-/m1/s1. The zero-order valence-corrected chi connectivity index (χ0v) is 17.0. The average Bonchev–Trinajstić information content (AvgIpc) is 3.14. The number of carbonyl (C=O) groups is 4. The lowest BCUT2D eigenvalue weighted by Gasteiger charge is -2.19. The average molecular weight is 408 g/mol. The van der Waals surface area contributed by atoms with Crippen molar-refractivity contribution in [3.63, 3.8) is 0 Å². The minimum absolute atomic E-state index is 0.0605. The molecule has 30 heavy (non-hydrogen) atoms. The van der Waals surface area contributed by atoms with Crippen molar-refractivity contribution in [3.8, 4) is 0 Å². The van der Waals surface area contributed by atoms with Crippen LogP contribution < -0.4 is 10.2 Å². The summed E-state index contributed by atoms with van der Waals surface area (Å²) in [4.78, 5) is 49.8. The molecule has 2 aromatic carbocycles. The van der Waals surface area contributed by atoms with Crippen LogP contribution in [0.5, 0.6) is 0 Å². The lowest BCUT2D eigenvalue weighted by atomic mass is 10.1. The molecule has 1 aliphatic heterocycles. The van der Waals surface area contributed by atoms with E-state index < -0.39 is 24.4 Å². The van der Waals surface area contributed by atoms with Crippen LogP contribution in [-0.4, -0.2) is 36.7 Å². The Balaban J connectivity index is 1.53. The second-order valence-electron chi connectivity index (χ2n) is 7.18. The molecule has 1 aliphatic rings. The van der Waals surface area contributed by atoms with Crippen LogP contribution in [0.15, 0.2) is 48.5 Å². The second-order valence-corrected chi connectivity index (χ2v) is 7.18. The summed E-state index contributed by atoms with van der Waals surface area (Å²) in [5, 5.41) is 2.61. The summed E-state index contributed by atoms with van der Waals surface area (Å²) in [7, 11) is 0. The van der Waals surface area contributed by atoms with Crippen LogP contribution in [0.1, 0.15) is 36.2 Å². The number of anilines is 2. The van der Waals surface area contributed by atoms with E-state index in [9.17, 15) is 19.2 Å². The molecule has 1 N–H and O–H groups in total. The van der Waals surface area contributed by atoms with Crippen LogP contribution in [0.3, 0.4) is 0 Å². The number of nitrogens with zero attached hydrogens (tertiary/aromatic N) is 1. The maximum Gasteiger partial charge on any atom is 0.311 e. The number of ether oxygens (including phenoxy) is 1. The number of ketones is 1. The number of amides is 2. The predicted molar refractivity (Wildman–Crippen MR) is 112 cm³/mol. The normalized spacial score (nSPS) is 15.7. The Labute approximate surface area is 175 Å². The Bertz CT molecular complexity index is 968. The van der Waals surface area contributed by atoms with E-state index >= 15 is 0 Å². The molecular weight excluding hydrogens is 384 g/mol. The fraction of sp³-hybridized carbons (Fsp3) is 0.304. The van der Waals surface area contributed by atoms with Crippen molar-refractivity contribution in [3.05, 3.63) is 59.7 Å². The number of aryl methyl sites for hydroxylation is 1. The Morgan fingerprint density at radius 1 is 1.10 bits per heavy atom. The molecular formula is C23H24N2O5. The molecule has 0 saturated carbocycles. The molecule has 1 heterocycles. The highest BCUT2D eigenvalue weighted by atomic mass is 16.5. The SMILES string of the molecule is CCc1ccccc1N1C[C@H](C(=O)OCC(=O)Nc2ccc(C(C)=O)cc2)CC1=O. The number of hydrogen-bond donors (Lipinski definition) is 1. The summed E-state index contributed by atoms with van der Waals surface area (Å²) in [6.07, 6.45) is 0.841. The van der Waals surface area contributed by atoms with Crippen molar-refractivity contribution in [2.24, 2.45) is 5.92 Å².